The average molecular weight is 360 g/mol. The van der Waals surface area contributed by atoms with Gasteiger partial charge in [0.25, 0.3) is 0 Å². The van der Waals surface area contributed by atoms with E-state index >= 15 is 0 Å². The predicted octanol–water partition coefficient (Wildman–Crippen LogP) is -1.18. The Morgan fingerprint density at radius 3 is 2.58 bits per heavy atom. The Hall–Kier alpha value is -1.79. The van der Waals surface area contributed by atoms with Crippen molar-refractivity contribution in [1.82, 2.24) is 14.3 Å². The van der Waals surface area contributed by atoms with Crippen molar-refractivity contribution in [2.24, 2.45) is 0 Å². The van der Waals surface area contributed by atoms with Crippen molar-refractivity contribution in [3.8, 4) is 0 Å². The highest BCUT2D eigenvalue weighted by Crippen LogP contribution is 2.33. The lowest BCUT2D eigenvalue weighted by Crippen LogP contribution is -2.37. The Morgan fingerprint density at radius 1 is 1.38 bits per heavy atom. The number of ether oxygens (including phenoxy) is 3. The van der Waals surface area contributed by atoms with Gasteiger partial charge in [-0.25, -0.2) is 17.9 Å². The maximum Gasteiger partial charge on any atom is 0.351 e. The summed E-state index contributed by atoms with van der Waals surface area (Å²) in [4.78, 5) is 15.7. The van der Waals surface area contributed by atoms with Gasteiger partial charge in [-0.2, -0.15) is 4.98 Å². The van der Waals surface area contributed by atoms with Crippen molar-refractivity contribution in [3.63, 3.8) is 0 Å². The third-order valence-electron chi connectivity index (χ3n) is 3.63. The van der Waals surface area contributed by atoms with Crippen LogP contribution in [0.25, 0.3) is 0 Å². The van der Waals surface area contributed by atoms with Crippen LogP contribution in [0.5, 0.6) is 0 Å². The number of nitrogens with one attached hydrogen (secondary N) is 1. The highest BCUT2D eigenvalue weighted by atomic mass is 32.2. The predicted molar refractivity (Wildman–Crippen MR) is 85.5 cm³/mol. The van der Waals surface area contributed by atoms with Gasteiger partial charge in [0.05, 0.1) is 0 Å². The zero-order chi connectivity index (χ0) is 17.9. The first-order valence-corrected chi connectivity index (χ1v) is 8.55. The molecule has 1 aromatic rings. The molecular weight excluding hydrogens is 340 g/mol. The minimum atomic E-state index is -3.56. The summed E-state index contributed by atoms with van der Waals surface area (Å²) < 4.78 is 43.0. The van der Waals surface area contributed by atoms with E-state index in [1.807, 2.05) is 0 Å². The molecule has 2 heterocycles. The molecule has 0 aromatic carbocycles. The van der Waals surface area contributed by atoms with Gasteiger partial charge in [0, 0.05) is 25.8 Å². The second-order valence-electron chi connectivity index (χ2n) is 5.01. The summed E-state index contributed by atoms with van der Waals surface area (Å²) in [6, 6.07) is 1.45. The van der Waals surface area contributed by atoms with E-state index in [1.54, 1.807) is 0 Å². The van der Waals surface area contributed by atoms with Crippen molar-refractivity contribution < 1.29 is 22.6 Å². The lowest BCUT2D eigenvalue weighted by molar-refractivity contribution is -0.0535. The van der Waals surface area contributed by atoms with Gasteiger partial charge in [0.15, 0.2) is 6.23 Å². The summed E-state index contributed by atoms with van der Waals surface area (Å²) in [7, 11) is 0.620. The molecule has 0 radical (unpaired) electrons. The Kier molecular flexibility index (Phi) is 5.72. The van der Waals surface area contributed by atoms with E-state index in [4.69, 9.17) is 19.9 Å². The largest absolute Gasteiger partial charge is 0.383 e. The van der Waals surface area contributed by atoms with E-state index in [-0.39, 0.29) is 5.82 Å². The van der Waals surface area contributed by atoms with Gasteiger partial charge in [-0.1, -0.05) is 0 Å². The van der Waals surface area contributed by atoms with Crippen molar-refractivity contribution >= 4 is 15.8 Å². The molecule has 0 unspecified atom stereocenters. The van der Waals surface area contributed by atoms with E-state index in [0.29, 0.717) is 0 Å². The van der Waals surface area contributed by atoms with Gasteiger partial charge in [-0.3, -0.25) is 4.57 Å². The number of nitrogens with zero attached hydrogens (tertiary/aromatic N) is 2. The van der Waals surface area contributed by atoms with Gasteiger partial charge in [0.1, 0.15) is 24.1 Å². The molecule has 0 spiro atoms. The van der Waals surface area contributed by atoms with Crippen LogP contribution in [0.3, 0.4) is 0 Å². The summed E-state index contributed by atoms with van der Waals surface area (Å²) >= 11 is 0. The summed E-state index contributed by atoms with van der Waals surface area (Å²) in [6.07, 6.45) is -0.0745. The summed E-state index contributed by atoms with van der Waals surface area (Å²) in [5, 5.41) is 0.975. The smallest absolute Gasteiger partial charge is 0.351 e. The summed E-state index contributed by atoms with van der Waals surface area (Å²) in [5.74, 6) is 0.0862. The average Bonchev–Trinajstić information content (AvgIpc) is 2.90. The van der Waals surface area contributed by atoms with Gasteiger partial charge in [-0.05, 0) is 19.2 Å². The summed E-state index contributed by atoms with van der Waals surface area (Å²) in [6.45, 7) is 0. The molecule has 1 aliphatic heterocycles. The van der Waals surface area contributed by atoms with E-state index in [1.165, 1.54) is 44.2 Å². The quantitative estimate of drug-likeness (QED) is 0.647. The number of hydrogen-bond acceptors (Lipinski definition) is 8. The molecular formula is C13H20N4O6S. The number of nitrogen functional groups attached to an aromatic ring is 1. The first-order chi connectivity index (χ1) is 11.3. The molecule has 2 rings (SSSR count). The van der Waals surface area contributed by atoms with Crippen molar-refractivity contribution in [2.75, 3.05) is 27.0 Å². The molecule has 1 saturated heterocycles. The topological polar surface area (TPSA) is 135 Å². The van der Waals surface area contributed by atoms with E-state index < -0.39 is 40.3 Å². The van der Waals surface area contributed by atoms with E-state index in [9.17, 15) is 13.2 Å². The Morgan fingerprint density at radius 2 is 2.04 bits per heavy atom. The van der Waals surface area contributed by atoms with Gasteiger partial charge in [0.2, 0.25) is 10.0 Å². The first-order valence-electron chi connectivity index (χ1n) is 7.00. The fourth-order valence-electron chi connectivity index (χ4n) is 2.43. The molecule has 10 nitrogen and oxygen atoms in total. The van der Waals surface area contributed by atoms with E-state index in [2.05, 4.69) is 9.71 Å². The van der Waals surface area contributed by atoms with Crippen LogP contribution < -0.4 is 16.1 Å². The molecule has 24 heavy (non-hydrogen) atoms. The zero-order valence-electron chi connectivity index (χ0n) is 13.4. The number of nitrogens with two attached hydrogens (primary N) is 1. The molecule has 3 N–H and O–H groups in total. The number of hydrogen-bond donors (Lipinski definition) is 2. The monoisotopic (exact) mass is 360 g/mol. The van der Waals surface area contributed by atoms with Crippen molar-refractivity contribution in [1.29, 1.82) is 0 Å². The highest BCUT2D eigenvalue weighted by Gasteiger charge is 2.45. The van der Waals surface area contributed by atoms with Crippen molar-refractivity contribution in [2.45, 2.75) is 24.5 Å². The molecule has 1 fully saturated rings. The second-order valence-corrected chi connectivity index (χ2v) is 6.78. The zero-order valence-corrected chi connectivity index (χ0v) is 14.3. The first kappa shape index (κ1) is 18.5. The third kappa shape index (κ3) is 3.82. The maximum atomic E-state index is 12.0. The summed E-state index contributed by atoms with van der Waals surface area (Å²) in [5.41, 5.74) is 4.87. The minimum Gasteiger partial charge on any atom is -0.383 e. The maximum absolute atomic E-state index is 12.0. The van der Waals surface area contributed by atoms with Crippen LogP contribution in [0.1, 0.15) is 6.23 Å². The van der Waals surface area contributed by atoms with Gasteiger partial charge < -0.3 is 19.9 Å². The van der Waals surface area contributed by atoms with Crippen LogP contribution in [-0.2, 0) is 24.2 Å². The molecule has 1 aromatic heterocycles. The fraction of sp³-hybridized carbons (Fsp3) is 0.538. The molecule has 11 heteroatoms. The molecule has 134 valence electrons. The molecule has 1 aliphatic rings. The Balaban J connectivity index is 2.35. The Labute approximate surface area is 139 Å². The van der Waals surface area contributed by atoms with Crippen LogP contribution >= 0.6 is 0 Å². The van der Waals surface area contributed by atoms with Crippen LogP contribution in [0.2, 0.25) is 0 Å². The normalized spacial score (nSPS) is 27.8. The SMILES string of the molecule is CNS(=O)(=O)/C=C/[C@H]1O[C@@H](n2ccc(N)nc2=O)[C@H](OC)[C@@H]1OC. The van der Waals surface area contributed by atoms with Crippen LogP contribution in [-0.4, -0.2) is 57.5 Å². The lowest BCUT2D eigenvalue weighted by atomic mass is 10.1. The molecule has 0 aliphatic carbocycles. The van der Waals surface area contributed by atoms with Crippen LogP contribution in [0, 0.1) is 0 Å². The third-order valence-corrected chi connectivity index (χ3v) is 4.71. The number of sulfonamides is 1. The number of rotatable bonds is 6. The number of anilines is 1. The highest BCUT2D eigenvalue weighted by molar-refractivity contribution is 7.92. The van der Waals surface area contributed by atoms with Gasteiger partial charge >= 0.3 is 5.69 Å². The molecule has 0 amide bonds. The van der Waals surface area contributed by atoms with Crippen LogP contribution in [0.15, 0.2) is 28.5 Å². The minimum absolute atomic E-state index is 0.0862. The molecule has 0 bridgehead atoms. The standard InChI is InChI=1S/C13H20N4O6S/c1-15-24(19,20)7-5-8-10(21-2)11(22-3)12(23-8)17-6-4-9(14)16-13(17)18/h4-8,10-12,15H,1-3H3,(H2,14,16,18)/b7-5+/t8-,10-,11-,12-/m1/s1. The number of methoxy groups -OCH3 is 2. The fourth-order valence-corrected chi connectivity index (χ4v) is 2.93. The second kappa shape index (κ2) is 7.40. The molecule has 4 atom stereocenters. The molecule has 0 saturated carbocycles. The van der Waals surface area contributed by atoms with Crippen molar-refractivity contribution in [3.05, 3.63) is 34.2 Å². The van der Waals surface area contributed by atoms with E-state index in [0.717, 1.165) is 5.41 Å². The number of aromatic nitrogens is 2. The lowest BCUT2D eigenvalue weighted by Gasteiger charge is -2.21. The van der Waals surface area contributed by atoms with Crippen LogP contribution in [0.4, 0.5) is 5.82 Å². The van der Waals surface area contributed by atoms with Gasteiger partial charge in [-0.15, -0.1) is 0 Å². The Bertz CT molecular complexity index is 762.